The highest BCUT2D eigenvalue weighted by Crippen LogP contribution is 2.16. The van der Waals surface area contributed by atoms with E-state index in [0.717, 1.165) is 11.3 Å². The Kier molecular flexibility index (Phi) is 4.26. The maximum atomic E-state index is 11.9. The van der Waals surface area contributed by atoms with Crippen molar-refractivity contribution in [3.8, 4) is 0 Å². The summed E-state index contributed by atoms with van der Waals surface area (Å²) >= 11 is 1.12. The van der Waals surface area contributed by atoms with Gasteiger partial charge in [0, 0.05) is 18.5 Å². The van der Waals surface area contributed by atoms with Crippen molar-refractivity contribution in [2.45, 2.75) is 32.4 Å². The van der Waals surface area contributed by atoms with Gasteiger partial charge in [0.1, 0.15) is 11.3 Å². The Bertz CT molecular complexity index is 558. The quantitative estimate of drug-likeness (QED) is 0.850. The number of rotatable bonds is 3. The first kappa shape index (κ1) is 15.4. The van der Waals surface area contributed by atoms with Gasteiger partial charge in [0.15, 0.2) is 11.3 Å². The minimum absolute atomic E-state index is 0.119. The number of likely N-dealkylation sites (tertiary alicyclic amines) is 1. The zero-order valence-electron chi connectivity index (χ0n) is 12.1. The lowest BCUT2D eigenvalue weighted by Crippen LogP contribution is -2.61. The average molecular weight is 311 g/mol. The average Bonchev–Trinajstić information content (AvgIpc) is 2.79. The van der Waals surface area contributed by atoms with Crippen molar-refractivity contribution < 1.29 is 19.1 Å². The molecule has 7 nitrogen and oxygen atoms in total. The monoisotopic (exact) mass is 311 g/mol. The molecule has 21 heavy (non-hydrogen) atoms. The summed E-state index contributed by atoms with van der Waals surface area (Å²) in [7, 11) is 0. The number of hydrogen-bond acceptors (Lipinski definition) is 6. The number of carbonyl (C=O) groups excluding carboxylic acids is 3. The molecule has 8 heteroatoms. The Balaban J connectivity index is 1.79. The van der Waals surface area contributed by atoms with Crippen LogP contribution < -0.4 is 5.32 Å². The topological polar surface area (TPSA) is 88.6 Å². The van der Waals surface area contributed by atoms with Crippen LogP contribution in [0.5, 0.6) is 0 Å². The van der Waals surface area contributed by atoms with E-state index < -0.39 is 5.60 Å². The van der Waals surface area contributed by atoms with Crippen LogP contribution in [0.2, 0.25) is 0 Å². The highest BCUT2D eigenvalue weighted by molar-refractivity contribution is 7.11. The standard InChI is InChI=1S/C13H17N3O4S/c1-13(2,3)20-12(19)16-4-8(5-16)14-11(18)9-7-21-10(6-17)15-9/h6-8H,4-5H2,1-3H3,(H,14,18). The highest BCUT2D eigenvalue weighted by Gasteiger charge is 2.34. The number of aromatic nitrogens is 1. The molecule has 0 atom stereocenters. The van der Waals surface area contributed by atoms with Crippen molar-refractivity contribution in [2.24, 2.45) is 0 Å². The van der Waals surface area contributed by atoms with Crippen LogP contribution >= 0.6 is 11.3 Å². The lowest BCUT2D eigenvalue weighted by atomic mass is 10.1. The summed E-state index contributed by atoms with van der Waals surface area (Å²) in [6.07, 6.45) is 0.222. The van der Waals surface area contributed by atoms with E-state index in [1.165, 1.54) is 10.3 Å². The molecule has 2 rings (SSSR count). The molecule has 0 bridgehead atoms. The summed E-state index contributed by atoms with van der Waals surface area (Å²) in [6.45, 7) is 6.22. The van der Waals surface area contributed by atoms with E-state index in [2.05, 4.69) is 10.3 Å². The molecule has 0 radical (unpaired) electrons. The molecule has 1 aliphatic rings. The molecule has 1 fully saturated rings. The fraction of sp³-hybridized carbons (Fsp3) is 0.538. The van der Waals surface area contributed by atoms with E-state index in [1.807, 2.05) is 0 Å². The predicted molar refractivity (Wildman–Crippen MR) is 76.6 cm³/mol. The molecule has 0 aromatic carbocycles. The Morgan fingerprint density at radius 3 is 2.67 bits per heavy atom. The number of nitrogens with one attached hydrogen (secondary N) is 1. The van der Waals surface area contributed by atoms with Crippen LogP contribution in [0.3, 0.4) is 0 Å². The number of carbonyl (C=O) groups is 3. The van der Waals surface area contributed by atoms with Gasteiger partial charge in [-0.2, -0.15) is 0 Å². The number of amides is 2. The second-order valence-electron chi connectivity index (χ2n) is 5.74. The van der Waals surface area contributed by atoms with Crippen LogP contribution in [0.4, 0.5) is 4.79 Å². The summed E-state index contributed by atoms with van der Waals surface area (Å²) in [5.74, 6) is -0.340. The second-order valence-corrected chi connectivity index (χ2v) is 6.63. The molecule has 1 aromatic rings. The molecule has 2 heterocycles. The fourth-order valence-corrected chi connectivity index (χ4v) is 2.35. The summed E-state index contributed by atoms with van der Waals surface area (Å²) in [6, 6.07) is -0.119. The number of hydrogen-bond donors (Lipinski definition) is 1. The minimum Gasteiger partial charge on any atom is -0.444 e. The molecule has 0 spiro atoms. The van der Waals surface area contributed by atoms with E-state index in [1.54, 1.807) is 20.8 Å². The van der Waals surface area contributed by atoms with Crippen molar-refractivity contribution in [1.82, 2.24) is 15.2 Å². The molecule has 0 saturated carbocycles. The third-order valence-corrected chi connectivity index (χ3v) is 3.49. The van der Waals surface area contributed by atoms with Crippen molar-refractivity contribution in [1.29, 1.82) is 0 Å². The maximum Gasteiger partial charge on any atom is 0.410 e. The Morgan fingerprint density at radius 1 is 1.48 bits per heavy atom. The van der Waals surface area contributed by atoms with Gasteiger partial charge in [-0.05, 0) is 20.8 Å². The van der Waals surface area contributed by atoms with Crippen LogP contribution in [0, 0.1) is 0 Å². The van der Waals surface area contributed by atoms with Gasteiger partial charge < -0.3 is 15.0 Å². The van der Waals surface area contributed by atoms with E-state index >= 15 is 0 Å². The first-order valence-electron chi connectivity index (χ1n) is 6.48. The van der Waals surface area contributed by atoms with Gasteiger partial charge in [0.05, 0.1) is 6.04 Å². The molecule has 1 saturated heterocycles. The van der Waals surface area contributed by atoms with Crippen molar-refractivity contribution in [3.63, 3.8) is 0 Å². The van der Waals surface area contributed by atoms with Crippen LogP contribution in [0.15, 0.2) is 5.38 Å². The molecule has 2 amide bonds. The summed E-state index contributed by atoms with van der Waals surface area (Å²) in [4.78, 5) is 39.5. The normalized spacial score (nSPS) is 15.3. The van der Waals surface area contributed by atoms with Crippen molar-refractivity contribution in [2.75, 3.05) is 13.1 Å². The van der Waals surface area contributed by atoms with Gasteiger partial charge in [-0.1, -0.05) is 0 Å². The fourth-order valence-electron chi connectivity index (χ4n) is 1.75. The van der Waals surface area contributed by atoms with E-state index in [4.69, 9.17) is 4.74 Å². The van der Waals surface area contributed by atoms with Gasteiger partial charge in [0.2, 0.25) is 0 Å². The smallest absolute Gasteiger partial charge is 0.410 e. The van der Waals surface area contributed by atoms with E-state index in [0.29, 0.717) is 19.4 Å². The minimum atomic E-state index is -0.531. The van der Waals surface area contributed by atoms with E-state index in [9.17, 15) is 14.4 Å². The Labute approximate surface area is 126 Å². The van der Waals surface area contributed by atoms with Crippen molar-refractivity contribution >= 4 is 29.6 Å². The third kappa shape index (κ3) is 4.01. The highest BCUT2D eigenvalue weighted by atomic mass is 32.1. The third-order valence-electron chi connectivity index (χ3n) is 2.72. The number of nitrogens with zero attached hydrogens (tertiary/aromatic N) is 2. The van der Waals surface area contributed by atoms with Crippen LogP contribution in [-0.4, -0.2) is 52.9 Å². The van der Waals surface area contributed by atoms with Crippen LogP contribution in [0.25, 0.3) is 0 Å². The molecular weight excluding hydrogens is 294 g/mol. The van der Waals surface area contributed by atoms with Crippen LogP contribution in [-0.2, 0) is 4.74 Å². The van der Waals surface area contributed by atoms with E-state index in [-0.39, 0.29) is 28.7 Å². The van der Waals surface area contributed by atoms with Crippen molar-refractivity contribution in [3.05, 3.63) is 16.1 Å². The molecule has 1 N–H and O–H groups in total. The molecule has 0 unspecified atom stereocenters. The van der Waals surface area contributed by atoms with Gasteiger partial charge in [-0.25, -0.2) is 9.78 Å². The maximum absolute atomic E-state index is 11.9. The van der Waals surface area contributed by atoms with Gasteiger partial charge >= 0.3 is 6.09 Å². The lowest BCUT2D eigenvalue weighted by Gasteiger charge is -2.39. The molecule has 0 aliphatic carbocycles. The zero-order chi connectivity index (χ0) is 15.6. The second kappa shape index (κ2) is 5.80. The van der Waals surface area contributed by atoms with Crippen LogP contribution in [0.1, 0.15) is 41.1 Å². The molecule has 1 aliphatic heterocycles. The summed E-state index contributed by atoms with van der Waals surface area (Å²) in [5, 5.41) is 4.56. The lowest BCUT2D eigenvalue weighted by molar-refractivity contribution is 0.00531. The zero-order valence-corrected chi connectivity index (χ0v) is 12.9. The summed E-state index contributed by atoms with van der Waals surface area (Å²) < 4.78 is 5.22. The SMILES string of the molecule is CC(C)(C)OC(=O)N1CC(NC(=O)c2csc(C=O)n2)C1. The molecule has 114 valence electrons. The number of aldehydes is 1. The Morgan fingerprint density at radius 2 is 2.14 bits per heavy atom. The Hall–Kier alpha value is -1.96. The van der Waals surface area contributed by atoms with Gasteiger partial charge in [-0.3, -0.25) is 9.59 Å². The molecule has 1 aromatic heterocycles. The number of ether oxygens (including phenoxy) is 1. The van der Waals surface area contributed by atoms with Gasteiger partial charge in [0.25, 0.3) is 5.91 Å². The first-order chi connectivity index (χ1) is 9.78. The molecular formula is C13H17N3O4S. The van der Waals surface area contributed by atoms with Gasteiger partial charge in [-0.15, -0.1) is 11.3 Å². The predicted octanol–water partition coefficient (Wildman–Crippen LogP) is 1.30. The number of thiazole rings is 1. The first-order valence-corrected chi connectivity index (χ1v) is 7.36. The largest absolute Gasteiger partial charge is 0.444 e. The summed E-state index contributed by atoms with van der Waals surface area (Å²) in [5.41, 5.74) is -0.310.